The van der Waals surface area contributed by atoms with E-state index in [0.717, 1.165) is 44.3 Å². The van der Waals surface area contributed by atoms with Gasteiger partial charge in [-0.1, -0.05) is 49.6 Å². The van der Waals surface area contributed by atoms with Crippen LogP contribution in [0.15, 0.2) is 66.7 Å². The molecular formula is C31H33N3O5. The fraction of sp³-hybridized carbons (Fsp3) is 0.452. The molecule has 202 valence electrons. The number of ether oxygens (including phenoxy) is 2. The van der Waals surface area contributed by atoms with Crippen LogP contribution in [0.25, 0.3) is 0 Å². The molecular weight excluding hydrogens is 494 g/mol. The summed E-state index contributed by atoms with van der Waals surface area (Å²) in [5, 5.41) is 6.21. The summed E-state index contributed by atoms with van der Waals surface area (Å²) in [7, 11) is 0. The van der Waals surface area contributed by atoms with Crippen LogP contribution in [0.2, 0.25) is 0 Å². The molecule has 8 nitrogen and oxygen atoms in total. The van der Waals surface area contributed by atoms with Crippen LogP contribution in [0.4, 0.5) is 5.69 Å². The molecule has 3 amide bonds. The number of rotatable bonds is 7. The highest BCUT2D eigenvalue weighted by atomic mass is 16.5. The van der Waals surface area contributed by atoms with Crippen LogP contribution in [0.1, 0.15) is 44.9 Å². The maximum atomic E-state index is 13.9. The molecule has 3 aliphatic heterocycles. The van der Waals surface area contributed by atoms with Crippen LogP contribution < -0.4 is 15.4 Å². The van der Waals surface area contributed by atoms with E-state index in [0.29, 0.717) is 11.4 Å². The van der Waals surface area contributed by atoms with Crippen molar-refractivity contribution in [3.63, 3.8) is 0 Å². The Morgan fingerprint density at radius 3 is 2.33 bits per heavy atom. The Balaban J connectivity index is 1.10. The average Bonchev–Trinajstić information content (AvgIpc) is 3.54. The van der Waals surface area contributed by atoms with Crippen molar-refractivity contribution in [1.82, 2.24) is 10.2 Å². The molecule has 1 spiro atoms. The van der Waals surface area contributed by atoms with Gasteiger partial charge in [0.05, 0.1) is 17.9 Å². The number of hydrogen-bond acceptors (Lipinski definition) is 5. The Morgan fingerprint density at radius 1 is 0.897 bits per heavy atom. The third-order valence-corrected chi connectivity index (χ3v) is 8.86. The van der Waals surface area contributed by atoms with Gasteiger partial charge in [0, 0.05) is 17.8 Å². The van der Waals surface area contributed by atoms with Crippen LogP contribution in [-0.2, 0) is 19.1 Å². The lowest BCUT2D eigenvalue weighted by Gasteiger charge is -2.34. The topological polar surface area (TPSA) is 97.0 Å². The lowest BCUT2D eigenvalue weighted by atomic mass is 9.74. The zero-order valence-electron chi connectivity index (χ0n) is 21.8. The van der Waals surface area contributed by atoms with Crippen molar-refractivity contribution in [2.75, 3.05) is 5.32 Å². The third-order valence-electron chi connectivity index (χ3n) is 8.86. The SMILES string of the molecule is O=C(Nc1ccc(Oc2ccccc2)cc1)[C@@H]1[C@@H]2C=C[C@]3(O2)[C@@H]1C(=O)N(C1CC1)[C@@H]3C(=O)NC1CCCCC1. The molecule has 3 heterocycles. The summed E-state index contributed by atoms with van der Waals surface area (Å²) in [6.45, 7) is 0. The monoisotopic (exact) mass is 527 g/mol. The maximum absolute atomic E-state index is 13.9. The molecule has 0 aromatic heterocycles. The van der Waals surface area contributed by atoms with Crippen molar-refractivity contribution in [3.8, 4) is 11.5 Å². The Kier molecular flexibility index (Phi) is 5.95. The number of fused-ring (bicyclic) bond motifs is 1. The number of nitrogens with zero attached hydrogens (tertiary/aromatic N) is 1. The number of carbonyl (C=O) groups is 3. The molecule has 0 unspecified atom stereocenters. The van der Waals surface area contributed by atoms with Crippen LogP contribution in [-0.4, -0.2) is 52.5 Å². The molecule has 2 aliphatic carbocycles. The number of hydrogen-bond donors (Lipinski definition) is 2. The molecule has 2 saturated heterocycles. The third kappa shape index (κ3) is 4.22. The molecule has 8 heteroatoms. The predicted molar refractivity (Wildman–Crippen MR) is 144 cm³/mol. The van der Waals surface area contributed by atoms with E-state index in [1.165, 1.54) is 6.42 Å². The molecule has 39 heavy (non-hydrogen) atoms. The zero-order chi connectivity index (χ0) is 26.6. The van der Waals surface area contributed by atoms with Crippen molar-refractivity contribution in [2.45, 2.75) is 74.8 Å². The van der Waals surface area contributed by atoms with Crippen molar-refractivity contribution < 1.29 is 23.9 Å². The number of nitrogens with one attached hydrogen (secondary N) is 2. The van der Waals surface area contributed by atoms with Crippen LogP contribution in [0.5, 0.6) is 11.5 Å². The van der Waals surface area contributed by atoms with Gasteiger partial charge in [-0.25, -0.2) is 0 Å². The molecule has 5 atom stereocenters. The van der Waals surface area contributed by atoms with Gasteiger partial charge < -0.3 is 25.0 Å². The van der Waals surface area contributed by atoms with E-state index in [4.69, 9.17) is 9.47 Å². The summed E-state index contributed by atoms with van der Waals surface area (Å²) in [6, 6.07) is 16.1. The van der Waals surface area contributed by atoms with Crippen LogP contribution in [0, 0.1) is 11.8 Å². The first-order valence-corrected chi connectivity index (χ1v) is 14.2. The summed E-state index contributed by atoms with van der Waals surface area (Å²) in [5.41, 5.74) is -0.490. The van der Waals surface area contributed by atoms with Gasteiger partial charge in [-0.05, 0) is 62.1 Å². The first-order chi connectivity index (χ1) is 19.0. The second kappa shape index (κ2) is 9.52. The van der Waals surface area contributed by atoms with E-state index in [1.54, 1.807) is 29.2 Å². The molecule has 2 aromatic carbocycles. The predicted octanol–water partition coefficient (Wildman–Crippen LogP) is 4.18. The molecule has 2 bridgehead atoms. The summed E-state index contributed by atoms with van der Waals surface area (Å²) < 4.78 is 12.3. The Hall–Kier alpha value is -3.65. The molecule has 7 rings (SSSR count). The maximum Gasteiger partial charge on any atom is 0.246 e. The largest absolute Gasteiger partial charge is 0.457 e. The van der Waals surface area contributed by atoms with Gasteiger partial charge >= 0.3 is 0 Å². The first-order valence-electron chi connectivity index (χ1n) is 14.2. The molecule has 2 N–H and O–H groups in total. The minimum atomic E-state index is -1.10. The lowest BCUT2D eigenvalue weighted by Crippen LogP contribution is -2.57. The van der Waals surface area contributed by atoms with Crippen molar-refractivity contribution >= 4 is 23.4 Å². The second-order valence-electron chi connectivity index (χ2n) is 11.5. The quantitative estimate of drug-likeness (QED) is 0.527. The Morgan fingerprint density at radius 2 is 1.62 bits per heavy atom. The normalized spacial score (nSPS) is 31.3. The average molecular weight is 528 g/mol. The highest BCUT2D eigenvalue weighted by Crippen LogP contribution is 2.57. The van der Waals surface area contributed by atoms with Crippen LogP contribution >= 0.6 is 0 Å². The summed E-state index contributed by atoms with van der Waals surface area (Å²) >= 11 is 0. The highest BCUT2D eigenvalue weighted by molar-refractivity contribution is 6.03. The highest BCUT2D eigenvalue weighted by Gasteiger charge is 2.74. The second-order valence-corrected chi connectivity index (χ2v) is 11.5. The van der Waals surface area contributed by atoms with Crippen molar-refractivity contribution in [3.05, 3.63) is 66.7 Å². The molecule has 5 aliphatic rings. The minimum Gasteiger partial charge on any atom is -0.457 e. The molecule has 2 aromatic rings. The number of amides is 3. The van der Waals surface area contributed by atoms with Crippen molar-refractivity contribution in [1.29, 1.82) is 0 Å². The summed E-state index contributed by atoms with van der Waals surface area (Å²) in [5.74, 6) is -0.586. The smallest absolute Gasteiger partial charge is 0.246 e. The Bertz CT molecular complexity index is 1300. The summed E-state index contributed by atoms with van der Waals surface area (Å²) in [6.07, 6.45) is 10.3. The molecule has 4 fully saturated rings. The fourth-order valence-corrected chi connectivity index (χ4v) is 6.94. The number of benzene rings is 2. The fourth-order valence-electron chi connectivity index (χ4n) is 6.94. The van der Waals surface area contributed by atoms with Crippen molar-refractivity contribution in [2.24, 2.45) is 11.8 Å². The Labute approximate surface area is 227 Å². The first kappa shape index (κ1) is 24.4. The van der Waals surface area contributed by atoms with Gasteiger partial charge in [0.15, 0.2) is 0 Å². The van der Waals surface area contributed by atoms with Gasteiger partial charge in [-0.2, -0.15) is 0 Å². The van der Waals surface area contributed by atoms with E-state index in [1.807, 2.05) is 42.5 Å². The zero-order valence-corrected chi connectivity index (χ0v) is 21.8. The van der Waals surface area contributed by atoms with Gasteiger partial charge in [-0.3, -0.25) is 14.4 Å². The number of anilines is 1. The number of carbonyl (C=O) groups excluding carboxylic acids is 3. The van der Waals surface area contributed by atoms with Gasteiger partial charge in [-0.15, -0.1) is 0 Å². The standard InChI is InChI=1S/C31H33N3O5/c35-28(32-20-11-15-23(16-12-20)38-22-9-5-2-6-10-22)25-24-17-18-31(39-24)26(25)30(37)34(21-13-14-21)27(31)29(36)33-19-7-3-1-4-8-19/h2,5-6,9-12,15-19,21,24-27H,1,3-4,7-8,13-14H2,(H,32,35)(H,33,36)/t24-,25+,26-,27+,31-/m0/s1. The molecule has 0 radical (unpaired) electrons. The minimum absolute atomic E-state index is 0.0384. The van der Waals surface area contributed by atoms with E-state index in [2.05, 4.69) is 10.6 Å². The van der Waals surface area contributed by atoms with E-state index in [-0.39, 0.29) is 29.8 Å². The van der Waals surface area contributed by atoms with Crippen LogP contribution in [0.3, 0.4) is 0 Å². The van der Waals surface area contributed by atoms with Gasteiger partial charge in [0.1, 0.15) is 23.1 Å². The van der Waals surface area contributed by atoms with E-state index in [9.17, 15) is 14.4 Å². The van der Waals surface area contributed by atoms with Gasteiger partial charge in [0.25, 0.3) is 0 Å². The van der Waals surface area contributed by atoms with Gasteiger partial charge in [0.2, 0.25) is 17.7 Å². The van der Waals surface area contributed by atoms with E-state index >= 15 is 0 Å². The van der Waals surface area contributed by atoms with E-state index < -0.39 is 29.6 Å². The molecule has 2 saturated carbocycles. The lowest BCUT2D eigenvalue weighted by molar-refractivity contribution is -0.142. The number of para-hydroxylation sites is 1. The number of likely N-dealkylation sites (tertiary alicyclic amines) is 1. The summed E-state index contributed by atoms with van der Waals surface area (Å²) in [4.78, 5) is 43.0.